The second-order valence-corrected chi connectivity index (χ2v) is 4.45. The average molecular weight is 227 g/mol. The van der Waals surface area contributed by atoms with Crippen LogP contribution in [0.15, 0.2) is 36.4 Å². The summed E-state index contributed by atoms with van der Waals surface area (Å²) in [5, 5.41) is 1.27. The molecule has 1 aromatic heterocycles. The summed E-state index contributed by atoms with van der Waals surface area (Å²) in [6, 6.07) is 10.9. The summed E-state index contributed by atoms with van der Waals surface area (Å²) in [6.07, 6.45) is 4.19. The summed E-state index contributed by atoms with van der Waals surface area (Å²) in [6.45, 7) is 2.04. The molecule has 0 N–H and O–H groups in total. The number of pyridine rings is 1. The monoisotopic (exact) mass is 227 g/mol. The summed E-state index contributed by atoms with van der Waals surface area (Å²) >= 11 is 0. The van der Waals surface area contributed by atoms with Crippen molar-refractivity contribution in [2.45, 2.75) is 6.92 Å². The number of aryl methyl sites for hydroxylation is 1. The Hall–Kier alpha value is -1.83. The quantitative estimate of drug-likeness (QED) is 0.716. The molecule has 0 aliphatic rings. The minimum Gasteiger partial charge on any atom is -0.378 e. The molecule has 1 aromatic carbocycles. The van der Waals surface area contributed by atoms with Crippen LogP contribution in [0.1, 0.15) is 12.6 Å². The molecular weight excluding hydrogens is 208 g/mol. The lowest BCUT2D eigenvalue weighted by Crippen LogP contribution is -2.32. The van der Waals surface area contributed by atoms with E-state index in [1.165, 1.54) is 22.3 Å². The summed E-state index contributed by atoms with van der Waals surface area (Å²) in [4.78, 5) is 2.12. The molecule has 0 aliphatic carbocycles. The molecule has 2 rings (SSSR count). The second kappa shape index (κ2) is 4.58. The highest BCUT2D eigenvalue weighted by Gasteiger charge is 2.09. The fourth-order valence-electron chi connectivity index (χ4n) is 2.02. The predicted molar refractivity (Wildman–Crippen MR) is 74.2 cm³/mol. The van der Waals surface area contributed by atoms with Gasteiger partial charge in [-0.15, -0.1) is 0 Å². The summed E-state index contributed by atoms with van der Waals surface area (Å²) in [5.41, 5.74) is 3.71. The SMILES string of the molecule is C/C=C/c1ccc2cc(N(C)C)ccc2[n+]1C. The Morgan fingerprint density at radius 2 is 1.88 bits per heavy atom. The maximum atomic E-state index is 2.22. The molecule has 0 saturated carbocycles. The van der Waals surface area contributed by atoms with Crippen molar-refractivity contribution >= 4 is 22.7 Å². The number of aromatic nitrogens is 1. The number of fused-ring (bicyclic) bond motifs is 1. The van der Waals surface area contributed by atoms with Gasteiger partial charge in [0, 0.05) is 43.4 Å². The molecule has 0 amide bonds. The zero-order valence-electron chi connectivity index (χ0n) is 10.9. The van der Waals surface area contributed by atoms with E-state index in [4.69, 9.17) is 0 Å². The first-order valence-corrected chi connectivity index (χ1v) is 5.86. The molecule has 2 heteroatoms. The molecule has 0 radical (unpaired) electrons. The number of benzene rings is 1. The molecule has 88 valence electrons. The van der Waals surface area contributed by atoms with Gasteiger partial charge in [-0.1, -0.05) is 6.08 Å². The normalized spacial score (nSPS) is 11.3. The summed E-state index contributed by atoms with van der Waals surface area (Å²) in [7, 11) is 6.23. The van der Waals surface area contributed by atoms with Gasteiger partial charge in [0.05, 0.1) is 0 Å². The van der Waals surface area contributed by atoms with Gasteiger partial charge in [-0.05, 0) is 25.1 Å². The fourth-order valence-corrected chi connectivity index (χ4v) is 2.02. The Kier molecular flexibility index (Phi) is 3.14. The highest BCUT2D eigenvalue weighted by atomic mass is 15.1. The number of anilines is 1. The van der Waals surface area contributed by atoms with Gasteiger partial charge in [-0.2, -0.15) is 4.57 Å². The lowest BCUT2D eigenvalue weighted by molar-refractivity contribution is -0.646. The smallest absolute Gasteiger partial charge is 0.212 e. The second-order valence-electron chi connectivity index (χ2n) is 4.45. The molecule has 0 saturated heterocycles. The van der Waals surface area contributed by atoms with E-state index < -0.39 is 0 Å². The van der Waals surface area contributed by atoms with Crippen LogP contribution in [0.25, 0.3) is 17.0 Å². The highest BCUT2D eigenvalue weighted by molar-refractivity contribution is 5.80. The number of rotatable bonds is 2. The lowest BCUT2D eigenvalue weighted by atomic mass is 10.1. The first kappa shape index (κ1) is 11.6. The van der Waals surface area contributed by atoms with Crippen molar-refractivity contribution in [2.75, 3.05) is 19.0 Å². The maximum absolute atomic E-state index is 2.22. The first-order chi connectivity index (χ1) is 8.13. The molecule has 1 heterocycles. The van der Waals surface area contributed by atoms with E-state index in [0.717, 1.165) is 0 Å². The average Bonchev–Trinajstić information content (AvgIpc) is 2.32. The largest absolute Gasteiger partial charge is 0.378 e. The zero-order valence-corrected chi connectivity index (χ0v) is 10.9. The molecule has 0 unspecified atom stereocenters. The van der Waals surface area contributed by atoms with Crippen LogP contribution in [-0.4, -0.2) is 14.1 Å². The number of nitrogens with zero attached hydrogens (tertiary/aromatic N) is 2. The van der Waals surface area contributed by atoms with E-state index in [-0.39, 0.29) is 0 Å². The predicted octanol–water partition coefficient (Wildman–Crippen LogP) is 2.76. The van der Waals surface area contributed by atoms with Crippen LogP contribution in [0.5, 0.6) is 0 Å². The van der Waals surface area contributed by atoms with E-state index in [1.807, 2.05) is 6.92 Å². The third-order valence-corrected chi connectivity index (χ3v) is 3.05. The fraction of sp³-hybridized carbons (Fsp3) is 0.267. The van der Waals surface area contributed by atoms with Crippen molar-refractivity contribution < 1.29 is 4.57 Å². The van der Waals surface area contributed by atoms with E-state index >= 15 is 0 Å². The van der Waals surface area contributed by atoms with Gasteiger partial charge >= 0.3 is 0 Å². The first-order valence-electron chi connectivity index (χ1n) is 5.86. The van der Waals surface area contributed by atoms with Crippen LogP contribution in [-0.2, 0) is 7.05 Å². The van der Waals surface area contributed by atoms with E-state index in [1.54, 1.807) is 0 Å². The molecule has 0 atom stereocenters. The third kappa shape index (κ3) is 2.16. The Balaban J connectivity index is 2.64. The van der Waals surface area contributed by atoms with Gasteiger partial charge in [0.1, 0.15) is 7.05 Å². The van der Waals surface area contributed by atoms with Crippen molar-refractivity contribution in [1.82, 2.24) is 0 Å². The van der Waals surface area contributed by atoms with Crippen molar-refractivity contribution in [1.29, 1.82) is 0 Å². The number of hydrogen-bond acceptors (Lipinski definition) is 1. The van der Waals surface area contributed by atoms with Gasteiger partial charge in [-0.3, -0.25) is 0 Å². The molecule has 0 bridgehead atoms. The van der Waals surface area contributed by atoms with Crippen LogP contribution >= 0.6 is 0 Å². The molecule has 17 heavy (non-hydrogen) atoms. The van der Waals surface area contributed by atoms with Crippen LogP contribution in [0.2, 0.25) is 0 Å². The van der Waals surface area contributed by atoms with Gasteiger partial charge in [0.15, 0.2) is 0 Å². The molecule has 2 nitrogen and oxygen atoms in total. The van der Waals surface area contributed by atoms with Crippen molar-refractivity contribution in [3.8, 4) is 0 Å². The van der Waals surface area contributed by atoms with Crippen LogP contribution in [0.4, 0.5) is 5.69 Å². The summed E-state index contributed by atoms with van der Waals surface area (Å²) in [5.74, 6) is 0. The minimum absolute atomic E-state index is 1.22. The van der Waals surface area contributed by atoms with E-state index in [9.17, 15) is 0 Å². The van der Waals surface area contributed by atoms with Crippen LogP contribution in [0.3, 0.4) is 0 Å². The maximum Gasteiger partial charge on any atom is 0.212 e. The van der Waals surface area contributed by atoms with Gasteiger partial charge in [0.2, 0.25) is 11.2 Å². The minimum atomic E-state index is 1.22. The van der Waals surface area contributed by atoms with Crippen LogP contribution in [0, 0.1) is 0 Å². The van der Waals surface area contributed by atoms with Crippen LogP contribution < -0.4 is 9.47 Å². The highest BCUT2D eigenvalue weighted by Crippen LogP contribution is 2.19. The molecule has 0 fully saturated rings. The number of hydrogen-bond donors (Lipinski definition) is 0. The van der Waals surface area contributed by atoms with Crippen molar-refractivity contribution in [3.63, 3.8) is 0 Å². The van der Waals surface area contributed by atoms with Gasteiger partial charge in [0.25, 0.3) is 0 Å². The molecule has 2 aromatic rings. The third-order valence-electron chi connectivity index (χ3n) is 3.05. The number of allylic oxidation sites excluding steroid dienone is 1. The van der Waals surface area contributed by atoms with Crippen molar-refractivity contribution in [3.05, 3.63) is 42.1 Å². The standard InChI is InChI=1S/C15H19N2/c1-5-6-13-8-7-12-11-14(16(2)3)9-10-15(12)17(13)4/h5-11H,1-4H3/q+1/b6-5+. The molecule has 0 aliphatic heterocycles. The zero-order chi connectivity index (χ0) is 12.4. The van der Waals surface area contributed by atoms with Crippen molar-refractivity contribution in [2.24, 2.45) is 7.05 Å². The van der Waals surface area contributed by atoms with E-state index in [0.29, 0.717) is 0 Å². The Bertz CT molecular complexity index is 568. The molecule has 0 spiro atoms. The summed E-state index contributed by atoms with van der Waals surface area (Å²) < 4.78 is 2.22. The van der Waals surface area contributed by atoms with Gasteiger partial charge in [-0.25, -0.2) is 0 Å². The Labute approximate surface area is 103 Å². The molecular formula is C15H19N2+. The van der Waals surface area contributed by atoms with E-state index in [2.05, 4.69) is 73.1 Å². The van der Waals surface area contributed by atoms with Gasteiger partial charge < -0.3 is 4.90 Å². The lowest BCUT2D eigenvalue weighted by Gasteiger charge is -2.12. The Morgan fingerprint density at radius 3 is 2.53 bits per heavy atom. The Morgan fingerprint density at radius 1 is 1.12 bits per heavy atom. The topological polar surface area (TPSA) is 7.12 Å².